The molecule has 18 heavy (non-hydrogen) atoms. The van der Waals surface area contributed by atoms with Gasteiger partial charge in [0.1, 0.15) is 0 Å². The van der Waals surface area contributed by atoms with Crippen molar-refractivity contribution < 1.29 is 0 Å². The quantitative estimate of drug-likeness (QED) is 0.638. The number of aromatic nitrogens is 2. The maximum Gasteiger partial charge on any atom is 0.274 e. The third-order valence-electron chi connectivity index (χ3n) is 2.46. The number of rotatable bonds is 3. The van der Waals surface area contributed by atoms with Crippen LogP contribution in [0.4, 0.5) is 11.6 Å². The summed E-state index contributed by atoms with van der Waals surface area (Å²) in [5, 5.41) is 3.75. The van der Waals surface area contributed by atoms with Gasteiger partial charge in [0, 0.05) is 26.9 Å². The van der Waals surface area contributed by atoms with Crippen LogP contribution in [0.25, 0.3) is 0 Å². The number of alkyl halides is 1. The van der Waals surface area contributed by atoms with Crippen LogP contribution in [0.2, 0.25) is 5.02 Å². The highest BCUT2D eigenvalue weighted by atomic mass is 127. The van der Waals surface area contributed by atoms with Gasteiger partial charge in [-0.15, -0.1) is 0 Å². The fraction of sp³-hybridized carbons (Fsp3) is 0.167. The molecule has 0 radical (unpaired) electrons. The molecule has 0 bridgehead atoms. The molecule has 0 spiro atoms. The number of hydrogen-bond donors (Lipinski definition) is 2. The molecule has 4 nitrogen and oxygen atoms in total. The van der Waals surface area contributed by atoms with Crippen molar-refractivity contribution in [1.29, 1.82) is 0 Å². The highest BCUT2D eigenvalue weighted by Crippen LogP contribution is 2.24. The molecule has 6 heteroatoms. The van der Waals surface area contributed by atoms with Gasteiger partial charge in [0.2, 0.25) is 5.95 Å². The fourth-order valence-corrected chi connectivity index (χ4v) is 2.09. The van der Waals surface area contributed by atoms with Crippen molar-refractivity contribution in [3.63, 3.8) is 0 Å². The van der Waals surface area contributed by atoms with E-state index >= 15 is 0 Å². The third-order valence-corrected chi connectivity index (χ3v) is 3.69. The second-order valence-electron chi connectivity index (χ2n) is 3.76. The Morgan fingerprint density at radius 1 is 1.50 bits per heavy atom. The molecule has 1 heterocycles. The van der Waals surface area contributed by atoms with Gasteiger partial charge in [-0.05, 0) is 24.6 Å². The zero-order chi connectivity index (χ0) is 13.1. The molecular formula is C12H11ClIN3O. The number of H-pyrrole nitrogens is 1. The van der Waals surface area contributed by atoms with Gasteiger partial charge in [-0.2, -0.15) is 4.98 Å². The van der Waals surface area contributed by atoms with Crippen LogP contribution in [0.5, 0.6) is 0 Å². The molecule has 0 unspecified atom stereocenters. The average molecular weight is 376 g/mol. The van der Waals surface area contributed by atoms with Crippen molar-refractivity contribution in [2.75, 3.05) is 5.32 Å². The van der Waals surface area contributed by atoms with Crippen LogP contribution in [-0.2, 0) is 4.43 Å². The first kappa shape index (κ1) is 13.4. The second-order valence-corrected chi connectivity index (χ2v) is 4.93. The van der Waals surface area contributed by atoms with E-state index in [9.17, 15) is 4.79 Å². The lowest BCUT2D eigenvalue weighted by atomic mass is 10.2. The van der Waals surface area contributed by atoms with Gasteiger partial charge in [-0.25, -0.2) is 0 Å². The summed E-state index contributed by atoms with van der Waals surface area (Å²) in [4.78, 5) is 18.3. The third kappa shape index (κ3) is 3.02. The largest absolute Gasteiger partial charge is 0.328 e. The lowest BCUT2D eigenvalue weighted by Crippen LogP contribution is -2.11. The molecule has 0 fully saturated rings. The van der Waals surface area contributed by atoms with E-state index in [2.05, 4.69) is 37.9 Å². The van der Waals surface area contributed by atoms with E-state index in [0.29, 0.717) is 11.0 Å². The summed E-state index contributed by atoms with van der Waals surface area (Å²) in [5.74, 6) is 0.430. The van der Waals surface area contributed by atoms with Gasteiger partial charge >= 0.3 is 0 Å². The fourth-order valence-electron chi connectivity index (χ4n) is 1.51. The summed E-state index contributed by atoms with van der Waals surface area (Å²) < 4.78 is 0.721. The maximum atomic E-state index is 11.4. The minimum Gasteiger partial charge on any atom is -0.328 e. The number of nitrogens with one attached hydrogen (secondary N) is 2. The lowest BCUT2D eigenvalue weighted by molar-refractivity contribution is 1.07. The van der Waals surface area contributed by atoms with Gasteiger partial charge in [-0.1, -0.05) is 40.3 Å². The number of benzene rings is 1. The van der Waals surface area contributed by atoms with Crippen LogP contribution in [0.15, 0.2) is 29.1 Å². The normalized spacial score (nSPS) is 10.4. The van der Waals surface area contributed by atoms with Crippen LogP contribution < -0.4 is 10.9 Å². The van der Waals surface area contributed by atoms with Crippen molar-refractivity contribution in [2.24, 2.45) is 0 Å². The minimum absolute atomic E-state index is 0.261. The van der Waals surface area contributed by atoms with E-state index in [1.165, 1.54) is 6.07 Å². The number of anilines is 2. The molecule has 2 N–H and O–H groups in total. The molecule has 0 aliphatic heterocycles. The van der Waals surface area contributed by atoms with Crippen molar-refractivity contribution in [2.45, 2.75) is 11.4 Å². The topological polar surface area (TPSA) is 57.8 Å². The number of nitrogens with zero attached hydrogens (tertiary/aromatic N) is 1. The molecule has 0 amide bonds. The summed E-state index contributed by atoms with van der Waals surface area (Å²) in [7, 11) is 0. The number of hydrogen-bond acceptors (Lipinski definition) is 3. The Balaban J connectivity index is 2.37. The average Bonchev–Trinajstić information content (AvgIpc) is 2.34. The summed E-state index contributed by atoms with van der Waals surface area (Å²) >= 11 is 8.22. The Morgan fingerprint density at radius 3 is 3.00 bits per heavy atom. The number of aromatic amines is 1. The Labute approximate surface area is 123 Å². The van der Waals surface area contributed by atoms with E-state index in [1.54, 1.807) is 0 Å². The van der Waals surface area contributed by atoms with E-state index in [4.69, 9.17) is 11.6 Å². The molecule has 0 aliphatic rings. The second kappa shape index (κ2) is 5.71. The Kier molecular flexibility index (Phi) is 4.23. The lowest BCUT2D eigenvalue weighted by Gasteiger charge is -2.10. The summed E-state index contributed by atoms with van der Waals surface area (Å²) in [6, 6.07) is 7.04. The smallest absolute Gasteiger partial charge is 0.274 e. The Morgan fingerprint density at radius 2 is 2.28 bits per heavy atom. The molecule has 0 saturated heterocycles. The van der Waals surface area contributed by atoms with Gasteiger partial charge < -0.3 is 10.3 Å². The first-order valence-electron chi connectivity index (χ1n) is 5.28. The van der Waals surface area contributed by atoms with E-state index in [0.717, 1.165) is 21.4 Å². The van der Waals surface area contributed by atoms with Gasteiger partial charge in [-0.3, -0.25) is 4.79 Å². The zero-order valence-electron chi connectivity index (χ0n) is 9.63. The van der Waals surface area contributed by atoms with Crippen LogP contribution in [-0.4, -0.2) is 9.97 Å². The predicted octanol–water partition coefficient (Wildman–Crippen LogP) is 3.41. The zero-order valence-corrected chi connectivity index (χ0v) is 12.5. The molecule has 0 atom stereocenters. The van der Waals surface area contributed by atoms with Crippen LogP contribution >= 0.6 is 34.2 Å². The highest BCUT2D eigenvalue weighted by molar-refractivity contribution is 14.1. The highest BCUT2D eigenvalue weighted by Gasteiger charge is 2.05. The standard InChI is InChI=1S/C12H11ClIN3O/c1-7-9(13)3-2-4-10(7)16-12-15-8(6-14)5-11(18)17-12/h2-5H,6H2,1H3,(H2,15,16,17,18). The Bertz CT molecular complexity index is 627. The SMILES string of the molecule is Cc1c(Cl)cccc1Nc1nc(=O)cc(CI)[nH]1. The molecule has 2 aromatic rings. The summed E-state index contributed by atoms with van der Waals surface area (Å²) in [6.45, 7) is 1.91. The van der Waals surface area contributed by atoms with Crippen LogP contribution in [0, 0.1) is 6.92 Å². The molecular weight excluding hydrogens is 365 g/mol. The minimum atomic E-state index is -0.261. The van der Waals surface area contributed by atoms with Gasteiger partial charge in [0.25, 0.3) is 5.56 Å². The molecule has 1 aromatic heterocycles. The summed E-state index contributed by atoms with van der Waals surface area (Å²) in [5.41, 5.74) is 2.32. The number of halogens is 2. The van der Waals surface area contributed by atoms with Crippen LogP contribution in [0.1, 0.15) is 11.3 Å². The maximum absolute atomic E-state index is 11.4. The predicted molar refractivity (Wildman–Crippen MR) is 82.1 cm³/mol. The van der Waals surface area contributed by atoms with E-state index < -0.39 is 0 Å². The molecule has 1 aromatic carbocycles. The van der Waals surface area contributed by atoms with Gasteiger partial charge in [0.05, 0.1) is 0 Å². The van der Waals surface area contributed by atoms with Crippen LogP contribution in [0.3, 0.4) is 0 Å². The van der Waals surface area contributed by atoms with E-state index in [1.807, 2.05) is 25.1 Å². The van der Waals surface area contributed by atoms with Gasteiger partial charge in [0.15, 0.2) is 0 Å². The molecule has 0 aliphatic carbocycles. The summed E-state index contributed by atoms with van der Waals surface area (Å²) in [6.07, 6.45) is 0. The Hall–Kier alpha value is -1.08. The monoisotopic (exact) mass is 375 g/mol. The molecule has 0 saturated carbocycles. The van der Waals surface area contributed by atoms with Crippen molar-refractivity contribution >= 4 is 45.8 Å². The first-order chi connectivity index (χ1) is 8.60. The first-order valence-corrected chi connectivity index (χ1v) is 7.19. The molecule has 94 valence electrons. The van der Waals surface area contributed by atoms with Crippen molar-refractivity contribution in [3.05, 3.63) is 50.9 Å². The van der Waals surface area contributed by atoms with Crippen molar-refractivity contribution in [1.82, 2.24) is 9.97 Å². The van der Waals surface area contributed by atoms with Crippen molar-refractivity contribution in [3.8, 4) is 0 Å². The van der Waals surface area contributed by atoms with E-state index in [-0.39, 0.29) is 5.56 Å². The molecule has 2 rings (SSSR count).